The van der Waals surface area contributed by atoms with Crippen LogP contribution < -0.4 is 5.32 Å². The van der Waals surface area contributed by atoms with Gasteiger partial charge in [-0.2, -0.15) is 8.42 Å². The lowest BCUT2D eigenvalue weighted by Gasteiger charge is -2.09. The Balaban J connectivity index is 0.000000149. The molecule has 7 heteroatoms. The molecule has 13 heavy (non-hydrogen) atoms. The highest BCUT2D eigenvalue weighted by molar-refractivity contribution is 7.85. The third-order valence-corrected chi connectivity index (χ3v) is 1.66. The summed E-state index contributed by atoms with van der Waals surface area (Å²) in [7, 11) is -3.67. The number of morpholine rings is 1. The summed E-state index contributed by atoms with van der Waals surface area (Å²) in [6.07, 6.45) is 1.79. The van der Waals surface area contributed by atoms with Crippen molar-refractivity contribution in [3.63, 3.8) is 0 Å². The number of nitrogens with one attached hydrogen (secondary N) is 1. The van der Waals surface area contributed by atoms with Crippen molar-refractivity contribution in [1.29, 1.82) is 0 Å². The number of ether oxygens (including phenoxy) is 1. The summed E-state index contributed by atoms with van der Waals surface area (Å²) in [4.78, 5) is 10.6. The Labute approximate surface area is 76.0 Å². The SMILES string of the molecule is CS(=O)(=O)O.O=C1O[C@@H]2CN[C@H]1C2. The number of rotatable bonds is 0. The van der Waals surface area contributed by atoms with Crippen LogP contribution in [0.2, 0.25) is 0 Å². The van der Waals surface area contributed by atoms with Crippen molar-refractivity contribution in [3.05, 3.63) is 0 Å². The van der Waals surface area contributed by atoms with Crippen LogP contribution in [0.1, 0.15) is 6.42 Å². The highest BCUT2D eigenvalue weighted by Crippen LogP contribution is 2.19. The molecule has 0 unspecified atom stereocenters. The molecule has 2 bridgehead atoms. The minimum atomic E-state index is -3.67. The number of carbonyl (C=O) groups is 1. The Hall–Kier alpha value is -0.660. The number of carbonyl (C=O) groups excluding carboxylic acids is 1. The summed E-state index contributed by atoms with van der Waals surface area (Å²) in [6.45, 7) is 0.858. The summed E-state index contributed by atoms with van der Waals surface area (Å²) < 4.78 is 30.7. The largest absolute Gasteiger partial charge is 0.460 e. The molecule has 2 aliphatic rings. The van der Waals surface area contributed by atoms with Gasteiger partial charge in [0, 0.05) is 13.0 Å². The molecule has 0 aromatic carbocycles. The Morgan fingerprint density at radius 3 is 2.31 bits per heavy atom. The molecule has 0 amide bonds. The zero-order valence-electron chi connectivity index (χ0n) is 7.06. The highest BCUT2D eigenvalue weighted by atomic mass is 32.2. The molecule has 2 fully saturated rings. The summed E-state index contributed by atoms with van der Waals surface area (Å²) in [6, 6.07) is 0.0278. The standard InChI is InChI=1S/C5H7NO2.CH4O3S/c7-5-4-1-3(8-5)2-6-4;1-5(2,3)4/h3-4,6H,1-2H2;1H3,(H,2,3,4)/t3-,4-;/m0./s1. The lowest BCUT2D eigenvalue weighted by molar-refractivity contribution is -0.145. The lowest BCUT2D eigenvalue weighted by atomic mass is 10.2. The van der Waals surface area contributed by atoms with E-state index >= 15 is 0 Å². The molecule has 0 aliphatic carbocycles. The molecule has 2 saturated heterocycles. The quantitative estimate of drug-likeness (QED) is 0.383. The molecule has 0 spiro atoms. The fourth-order valence-corrected chi connectivity index (χ4v) is 1.22. The molecule has 0 radical (unpaired) electrons. The minimum Gasteiger partial charge on any atom is -0.460 e. The summed E-state index contributed by atoms with van der Waals surface area (Å²) in [5.41, 5.74) is 0. The van der Waals surface area contributed by atoms with E-state index in [-0.39, 0.29) is 18.1 Å². The van der Waals surface area contributed by atoms with Crippen LogP contribution in [0.25, 0.3) is 0 Å². The van der Waals surface area contributed by atoms with Crippen LogP contribution in [0.5, 0.6) is 0 Å². The van der Waals surface area contributed by atoms with E-state index in [9.17, 15) is 13.2 Å². The van der Waals surface area contributed by atoms with Gasteiger partial charge in [-0.1, -0.05) is 0 Å². The van der Waals surface area contributed by atoms with Gasteiger partial charge in [0.1, 0.15) is 12.1 Å². The smallest absolute Gasteiger partial charge is 0.323 e. The summed E-state index contributed by atoms with van der Waals surface area (Å²) in [5.74, 6) is -0.0683. The number of hydrogen-bond acceptors (Lipinski definition) is 5. The van der Waals surface area contributed by atoms with E-state index in [4.69, 9.17) is 9.29 Å². The van der Waals surface area contributed by atoms with Crippen molar-refractivity contribution in [3.8, 4) is 0 Å². The van der Waals surface area contributed by atoms with Crippen molar-refractivity contribution in [2.75, 3.05) is 12.8 Å². The molecule has 76 valence electrons. The number of esters is 1. The molecule has 2 N–H and O–H groups in total. The van der Waals surface area contributed by atoms with Crippen LogP contribution in [-0.4, -0.2) is 43.9 Å². The van der Waals surface area contributed by atoms with Crippen molar-refractivity contribution in [2.24, 2.45) is 0 Å². The maximum Gasteiger partial charge on any atom is 0.323 e. The average molecular weight is 209 g/mol. The van der Waals surface area contributed by atoms with Crippen LogP contribution in [-0.2, 0) is 19.6 Å². The average Bonchev–Trinajstić information content (AvgIpc) is 2.41. The number of hydrogen-bond donors (Lipinski definition) is 2. The van der Waals surface area contributed by atoms with Gasteiger partial charge in [-0.25, -0.2) is 0 Å². The van der Waals surface area contributed by atoms with Crippen LogP contribution >= 0.6 is 0 Å². The van der Waals surface area contributed by atoms with Crippen LogP contribution in [0, 0.1) is 0 Å². The topological polar surface area (TPSA) is 92.7 Å². The van der Waals surface area contributed by atoms with E-state index in [1.54, 1.807) is 0 Å². The van der Waals surface area contributed by atoms with Crippen LogP contribution in [0.15, 0.2) is 0 Å². The first kappa shape index (κ1) is 10.4. The second-order valence-corrected chi connectivity index (χ2v) is 4.45. The van der Waals surface area contributed by atoms with Gasteiger partial charge in [-0.3, -0.25) is 9.35 Å². The van der Waals surface area contributed by atoms with Crippen molar-refractivity contribution in [2.45, 2.75) is 18.6 Å². The van der Waals surface area contributed by atoms with Gasteiger partial charge in [0.2, 0.25) is 0 Å². The highest BCUT2D eigenvalue weighted by Gasteiger charge is 2.39. The lowest BCUT2D eigenvalue weighted by Crippen LogP contribution is -2.35. The summed E-state index contributed by atoms with van der Waals surface area (Å²) >= 11 is 0. The summed E-state index contributed by atoms with van der Waals surface area (Å²) in [5, 5.41) is 3.03. The molecule has 2 heterocycles. The Kier molecular flexibility index (Phi) is 2.89. The monoisotopic (exact) mass is 209 g/mol. The maximum atomic E-state index is 10.6. The van der Waals surface area contributed by atoms with Crippen LogP contribution in [0.3, 0.4) is 0 Å². The Bertz CT molecular complexity index is 290. The van der Waals surface area contributed by atoms with Crippen molar-refractivity contribution >= 4 is 16.1 Å². The van der Waals surface area contributed by atoms with Crippen molar-refractivity contribution < 1.29 is 22.5 Å². The fraction of sp³-hybridized carbons (Fsp3) is 0.833. The van der Waals surface area contributed by atoms with E-state index in [0.29, 0.717) is 6.26 Å². The van der Waals surface area contributed by atoms with Gasteiger partial charge >= 0.3 is 5.97 Å². The van der Waals surface area contributed by atoms with E-state index < -0.39 is 10.1 Å². The molecule has 0 saturated carbocycles. The third kappa shape index (κ3) is 3.71. The van der Waals surface area contributed by atoms with Crippen LogP contribution in [0.4, 0.5) is 0 Å². The molecular formula is C6H11NO5S. The zero-order chi connectivity index (χ0) is 10.1. The molecule has 0 aromatic rings. The maximum absolute atomic E-state index is 10.6. The normalized spacial score (nSPS) is 30.8. The predicted octanol–water partition coefficient (Wildman–Crippen LogP) is -1.22. The van der Waals surface area contributed by atoms with E-state index in [1.807, 2.05) is 0 Å². The Morgan fingerprint density at radius 1 is 1.62 bits per heavy atom. The first-order valence-electron chi connectivity index (χ1n) is 3.72. The van der Waals surface area contributed by atoms with E-state index in [0.717, 1.165) is 13.0 Å². The molecule has 2 rings (SSSR count). The van der Waals surface area contributed by atoms with E-state index in [1.165, 1.54) is 0 Å². The number of fused-ring (bicyclic) bond motifs is 2. The van der Waals surface area contributed by atoms with Gasteiger partial charge < -0.3 is 10.1 Å². The molecule has 2 aliphatic heterocycles. The second kappa shape index (κ2) is 3.60. The third-order valence-electron chi connectivity index (χ3n) is 1.66. The van der Waals surface area contributed by atoms with E-state index in [2.05, 4.69) is 5.32 Å². The van der Waals surface area contributed by atoms with Gasteiger partial charge in [-0.15, -0.1) is 0 Å². The minimum absolute atomic E-state index is 0.0278. The molecular weight excluding hydrogens is 198 g/mol. The zero-order valence-corrected chi connectivity index (χ0v) is 7.87. The van der Waals surface area contributed by atoms with Gasteiger partial charge in [0.05, 0.1) is 6.26 Å². The molecule has 6 nitrogen and oxygen atoms in total. The van der Waals surface area contributed by atoms with Gasteiger partial charge in [-0.05, 0) is 0 Å². The fourth-order valence-electron chi connectivity index (χ4n) is 1.22. The van der Waals surface area contributed by atoms with Crippen molar-refractivity contribution in [1.82, 2.24) is 5.32 Å². The van der Waals surface area contributed by atoms with Gasteiger partial charge in [0.15, 0.2) is 0 Å². The first-order valence-corrected chi connectivity index (χ1v) is 5.57. The second-order valence-electron chi connectivity index (χ2n) is 2.99. The molecule has 2 atom stereocenters. The Morgan fingerprint density at radius 2 is 2.15 bits per heavy atom. The van der Waals surface area contributed by atoms with Gasteiger partial charge in [0.25, 0.3) is 10.1 Å². The molecule has 0 aromatic heterocycles. The predicted molar refractivity (Wildman–Crippen MR) is 43.8 cm³/mol. The first-order chi connectivity index (χ1) is 5.86.